The predicted molar refractivity (Wildman–Crippen MR) is 315 cm³/mol. The summed E-state index contributed by atoms with van der Waals surface area (Å²) in [6.45, 7) is 4.90. The van der Waals surface area contributed by atoms with Gasteiger partial charge in [0.25, 0.3) is 0 Å². The van der Waals surface area contributed by atoms with Crippen LogP contribution >= 0.6 is 0 Å². The fraction of sp³-hybridized carbons (Fsp3) is 0.879. The van der Waals surface area contributed by atoms with E-state index in [1.54, 1.807) is 0 Å². The molecule has 3 N–H and O–H groups in total. The number of amides is 1. The van der Waals surface area contributed by atoms with Crippen LogP contribution in [0.25, 0.3) is 0 Å². The lowest BCUT2D eigenvalue weighted by atomic mass is 10.0. The number of carbonyl (C=O) groups excluding carboxylic acids is 2. The third kappa shape index (κ3) is 57.4. The van der Waals surface area contributed by atoms with Gasteiger partial charge in [-0.1, -0.05) is 281 Å². The van der Waals surface area contributed by atoms with E-state index in [-0.39, 0.29) is 18.5 Å². The summed E-state index contributed by atoms with van der Waals surface area (Å²) in [7, 11) is 0. The first-order valence-electron chi connectivity index (χ1n) is 32.2. The number of ether oxygens (including phenoxy) is 1. The highest BCUT2D eigenvalue weighted by molar-refractivity contribution is 5.76. The van der Waals surface area contributed by atoms with Crippen molar-refractivity contribution in [2.45, 2.75) is 360 Å². The zero-order valence-corrected chi connectivity index (χ0v) is 48.4. The Bertz CT molecular complexity index is 1170. The van der Waals surface area contributed by atoms with E-state index >= 15 is 0 Å². The molecule has 0 saturated heterocycles. The number of hydrogen-bond acceptors (Lipinski definition) is 5. The van der Waals surface area contributed by atoms with E-state index < -0.39 is 12.1 Å². The maximum Gasteiger partial charge on any atom is 0.305 e. The van der Waals surface area contributed by atoms with Gasteiger partial charge in [0, 0.05) is 12.8 Å². The number of allylic oxidation sites excluding steroid dienone is 6. The van der Waals surface area contributed by atoms with Crippen LogP contribution in [0.4, 0.5) is 0 Å². The molecule has 0 saturated carbocycles. The Balaban J connectivity index is 3.48. The first kappa shape index (κ1) is 70.1. The fourth-order valence-electron chi connectivity index (χ4n) is 9.96. The summed E-state index contributed by atoms with van der Waals surface area (Å²) in [4.78, 5) is 24.6. The number of aliphatic hydroxyl groups excluding tert-OH is 2. The summed E-state index contributed by atoms with van der Waals surface area (Å²) in [6, 6.07) is -0.563. The van der Waals surface area contributed by atoms with Crippen LogP contribution < -0.4 is 5.32 Å². The van der Waals surface area contributed by atoms with Crippen molar-refractivity contribution in [2.24, 2.45) is 0 Å². The second kappa shape index (κ2) is 61.6. The summed E-state index contributed by atoms with van der Waals surface area (Å²) in [6.07, 6.45) is 77.3. The molecule has 0 aliphatic heterocycles. The van der Waals surface area contributed by atoms with Crippen LogP contribution in [0.5, 0.6) is 0 Å². The van der Waals surface area contributed by atoms with Crippen molar-refractivity contribution in [1.29, 1.82) is 0 Å². The first-order chi connectivity index (χ1) is 35.5. The molecule has 0 aromatic carbocycles. The van der Waals surface area contributed by atoms with E-state index in [4.69, 9.17) is 4.74 Å². The highest BCUT2D eigenvalue weighted by Gasteiger charge is 2.20. The number of hydrogen-bond donors (Lipinski definition) is 3. The number of unbranched alkanes of at least 4 members (excludes halogenated alkanes) is 43. The molecule has 0 aliphatic carbocycles. The zero-order valence-electron chi connectivity index (χ0n) is 48.4. The smallest absolute Gasteiger partial charge is 0.305 e. The van der Waals surface area contributed by atoms with Gasteiger partial charge in [-0.3, -0.25) is 9.59 Å². The number of carbonyl (C=O) groups is 2. The predicted octanol–water partition coefficient (Wildman–Crippen LogP) is 20.4. The molecule has 0 aromatic heterocycles. The minimum absolute atomic E-state index is 0.0292. The molecule has 0 bridgehead atoms. The summed E-state index contributed by atoms with van der Waals surface area (Å²) in [5.41, 5.74) is 0. The highest BCUT2D eigenvalue weighted by Crippen LogP contribution is 2.18. The van der Waals surface area contributed by atoms with Crippen molar-refractivity contribution < 1.29 is 24.5 Å². The molecule has 424 valence electrons. The van der Waals surface area contributed by atoms with Gasteiger partial charge in [0.05, 0.1) is 25.4 Å². The Labute approximate surface area is 449 Å². The number of rotatable bonds is 60. The van der Waals surface area contributed by atoms with Gasteiger partial charge in [0.1, 0.15) is 0 Å². The Morgan fingerprint density at radius 3 is 1.08 bits per heavy atom. The van der Waals surface area contributed by atoms with Crippen molar-refractivity contribution in [3.05, 3.63) is 36.5 Å². The molecular formula is C66H125NO5. The number of nitrogens with one attached hydrogen (secondary N) is 1. The molecule has 72 heavy (non-hydrogen) atoms. The van der Waals surface area contributed by atoms with Gasteiger partial charge in [0.15, 0.2) is 0 Å². The molecule has 1 amide bonds. The lowest BCUT2D eigenvalue weighted by Crippen LogP contribution is -2.45. The van der Waals surface area contributed by atoms with Crippen molar-refractivity contribution >= 4 is 11.9 Å². The van der Waals surface area contributed by atoms with E-state index in [0.717, 1.165) is 83.5 Å². The lowest BCUT2D eigenvalue weighted by Gasteiger charge is -2.22. The maximum absolute atomic E-state index is 12.5. The van der Waals surface area contributed by atoms with E-state index in [9.17, 15) is 19.8 Å². The Kier molecular flexibility index (Phi) is 60.0. The summed E-state index contributed by atoms with van der Waals surface area (Å²) in [5, 5.41) is 23.4. The molecular weight excluding hydrogens is 887 g/mol. The molecule has 0 rings (SSSR count). The molecule has 0 aromatic rings. The third-order valence-corrected chi connectivity index (χ3v) is 14.9. The standard InChI is InChI=1S/C66H125NO5/c1-3-5-7-9-11-13-15-17-19-21-23-24-25-26-27-28-29-30-32-34-38-42-46-50-54-58-64(69)63(62-68)67-65(70)59-55-51-47-43-39-36-37-41-45-49-53-57-61-72-66(71)60-56-52-48-44-40-35-33-31-22-20-18-16-14-12-10-8-6-4-2/h14,16,20,22,37,41,63-64,68-69H,3-13,15,17-19,21,23-36,38-40,42-62H2,1-2H3,(H,67,70)/b16-14-,22-20-,41-37-. The van der Waals surface area contributed by atoms with Gasteiger partial charge in [-0.15, -0.1) is 0 Å². The zero-order chi connectivity index (χ0) is 52.2. The van der Waals surface area contributed by atoms with Crippen LogP contribution in [0.15, 0.2) is 36.5 Å². The molecule has 0 fully saturated rings. The van der Waals surface area contributed by atoms with Crippen molar-refractivity contribution in [1.82, 2.24) is 5.32 Å². The first-order valence-corrected chi connectivity index (χ1v) is 32.2. The minimum Gasteiger partial charge on any atom is -0.466 e. The quantitative estimate of drug-likeness (QED) is 0.0320. The molecule has 2 unspecified atom stereocenters. The minimum atomic E-state index is -0.683. The summed E-state index contributed by atoms with van der Waals surface area (Å²) < 4.78 is 5.47. The SMILES string of the molecule is CCCCCC/C=C\C/C=C\CCCCCCCCCC(=O)OCCCCC/C=C\CCCCCCCC(=O)NC(CO)C(O)CCCCCCCCCCCCCCCCCCCCCCCCCCC. The van der Waals surface area contributed by atoms with Crippen molar-refractivity contribution in [3.8, 4) is 0 Å². The normalized spacial score (nSPS) is 12.8. The van der Waals surface area contributed by atoms with Crippen LogP contribution in [0.3, 0.4) is 0 Å². The molecule has 0 heterocycles. The Morgan fingerprint density at radius 1 is 0.389 bits per heavy atom. The molecule has 6 nitrogen and oxygen atoms in total. The average Bonchev–Trinajstić information content (AvgIpc) is 3.38. The molecule has 0 spiro atoms. The average molecular weight is 1010 g/mol. The fourth-order valence-corrected chi connectivity index (χ4v) is 9.96. The number of aliphatic hydroxyl groups is 2. The molecule has 6 heteroatoms. The van der Waals surface area contributed by atoms with Crippen LogP contribution in [-0.4, -0.2) is 47.4 Å². The van der Waals surface area contributed by atoms with Crippen molar-refractivity contribution in [2.75, 3.05) is 13.2 Å². The van der Waals surface area contributed by atoms with Crippen LogP contribution in [0.2, 0.25) is 0 Å². The Morgan fingerprint density at radius 2 is 0.694 bits per heavy atom. The van der Waals surface area contributed by atoms with Crippen LogP contribution in [0.1, 0.15) is 348 Å². The second-order valence-electron chi connectivity index (χ2n) is 22.1. The molecule has 0 aliphatic rings. The van der Waals surface area contributed by atoms with E-state index in [2.05, 4.69) is 55.6 Å². The van der Waals surface area contributed by atoms with E-state index in [0.29, 0.717) is 25.9 Å². The van der Waals surface area contributed by atoms with Gasteiger partial charge in [-0.25, -0.2) is 0 Å². The van der Waals surface area contributed by atoms with Crippen molar-refractivity contribution in [3.63, 3.8) is 0 Å². The Hall–Kier alpha value is -1.92. The summed E-state index contributed by atoms with van der Waals surface area (Å²) in [5.74, 6) is -0.0872. The van der Waals surface area contributed by atoms with Gasteiger partial charge in [0.2, 0.25) is 5.91 Å². The van der Waals surface area contributed by atoms with Gasteiger partial charge < -0.3 is 20.3 Å². The van der Waals surface area contributed by atoms with E-state index in [1.165, 1.54) is 231 Å². The molecule has 0 radical (unpaired) electrons. The number of esters is 1. The largest absolute Gasteiger partial charge is 0.466 e. The highest BCUT2D eigenvalue weighted by atomic mass is 16.5. The lowest BCUT2D eigenvalue weighted by molar-refractivity contribution is -0.143. The summed E-state index contributed by atoms with van der Waals surface area (Å²) >= 11 is 0. The van der Waals surface area contributed by atoms with Gasteiger partial charge in [-0.2, -0.15) is 0 Å². The van der Waals surface area contributed by atoms with E-state index in [1.807, 2.05) is 0 Å². The van der Waals surface area contributed by atoms with Crippen LogP contribution in [0, 0.1) is 0 Å². The maximum atomic E-state index is 12.5. The molecule has 2 atom stereocenters. The monoisotopic (exact) mass is 1010 g/mol. The topological polar surface area (TPSA) is 95.9 Å². The van der Waals surface area contributed by atoms with Gasteiger partial charge in [-0.05, 0) is 89.9 Å². The van der Waals surface area contributed by atoms with Crippen LogP contribution in [-0.2, 0) is 14.3 Å². The third-order valence-electron chi connectivity index (χ3n) is 14.9. The second-order valence-corrected chi connectivity index (χ2v) is 22.1. The van der Waals surface area contributed by atoms with Gasteiger partial charge >= 0.3 is 5.97 Å².